The predicted molar refractivity (Wildman–Crippen MR) is 102 cm³/mol. The van der Waals surface area contributed by atoms with Crippen LogP contribution in [0.15, 0.2) is 53.4 Å². The zero-order chi connectivity index (χ0) is 19.3. The lowest BCUT2D eigenvalue weighted by atomic mass is 10.1. The molecule has 0 fully saturated rings. The minimum atomic E-state index is -3.79. The Hall–Kier alpha value is -2.54. The number of rotatable bonds is 7. The van der Waals surface area contributed by atoms with Gasteiger partial charge in [0, 0.05) is 11.6 Å². The number of hydrogen-bond acceptors (Lipinski definition) is 4. The maximum absolute atomic E-state index is 12.6. The Balaban J connectivity index is 2.17. The van der Waals surface area contributed by atoms with Gasteiger partial charge in [-0.1, -0.05) is 26.0 Å². The number of para-hydroxylation sites is 2. The first-order valence-corrected chi connectivity index (χ1v) is 9.79. The Kier molecular flexibility index (Phi) is 6.26. The molecule has 0 aliphatic carbocycles. The van der Waals surface area contributed by atoms with Crippen LogP contribution >= 0.6 is 0 Å². The summed E-state index contributed by atoms with van der Waals surface area (Å²) in [4.78, 5) is 12.3. The van der Waals surface area contributed by atoms with E-state index in [-0.39, 0.29) is 16.8 Å². The molecule has 2 N–H and O–H groups in total. The van der Waals surface area contributed by atoms with Crippen LogP contribution in [-0.4, -0.2) is 27.5 Å². The molecule has 0 heterocycles. The number of benzene rings is 2. The first kappa shape index (κ1) is 19.8. The van der Waals surface area contributed by atoms with Crippen molar-refractivity contribution in [2.75, 3.05) is 11.8 Å². The first-order valence-electron chi connectivity index (χ1n) is 8.31. The lowest BCUT2D eigenvalue weighted by Crippen LogP contribution is -2.36. The van der Waals surface area contributed by atoms with Crippen LogP contribution < -0.4 is 14.8 Å². The number of anilines is 1. The average Bonchev–Trinajstić information content (AvgIpc) is 2.61. The van der Waals surface area contributed by atoms with Crippen LogP contribution in [0.4, 0.5) is 5.69 Å². The molecule has 2 aromatic carbocycles. The van der Waals surface area contributed by atoms with E-state index in [4.69, 9.17) is 4.74 Å². The van der Waals surface area contributed by atoms with Gasteiger partial charge in [0.25, 0.3) is 15.9 Å². The first-order chi connectivity index (χ1) is 12.2. The van der Waals surface area contributed by atoms with Crippen molar-refractivity contribution in [2.45, 2.75) is 31.7 Å². The summed E-state index contributed by atoms with van der Waals surface area (Å²) in [6.45, 7) is 5.97. The third-order valence-electron chi connectivity index (χ3n) is 4.14. The fraction of sp³-hybridized carbons (Fsp3) is 0.316. The molecule has 6 nitrogen and oxygen atoms in total. The molecular weight excluding hydrogens is 352 g/mol. The Morgan fingerprint density at radius 2 is 1.62 bits per heavy atom. The van der Waals surface area contributed by atoms with Crippen LogP contribution in [0.25, 0.3) is 0 Å². The molecule has 7 heteroatoms. The zero-order valence-corrected chi connectivity index (χ0v) is 16.1. The van der Waals surface area contributed by atoms with Gasteiger partial charge in [-0.15, -0.1) is 0 Å². The fourth-order valence-corrected chi connectivity index (χ4v) is 3.25. The monoisotopic (exact) mass is 376 g/mol. The Bertz CT molecular complexity index is 861. The molecular formula is C19H24N2O4S. The molecule has 2 aromatic rings. The highest BCUT2D eigenvalue weighted by Crippen LogP contribution is 2.26. The van der Waals surface area contributed by atoms with Gasteiger partial charge in [0.1, 0.15) is 5.75 Å². The quantitative estimate of drug-likeness (QED) is 0.777. The molecule has 26 heavy (non-hydrogen) atoms. The van der Waals surface area contributed by atoms with Crippen molar-refractivity contribution in [3.8, 4) is 5.75 Å². The van der Waals surface area contributed by atoms with E-state index in [0.717, 1.165) is 0 Å². The Labute approximate surface area is 154 Å². The highest BCUT2D eigenvalue weighted by molar-refractivity contribution is 7.92. The summed E-state index contributed by atoms with van der Waals surface area (Å²) in [6.07, 6.45) is 0. The average molecular weight is 376 g/mol. The number of amides is 1. The van der Waals surface area contributed by atoms with E-state index in [1.54, 1.807) is 24.3 Å². The van der Waals surface area contributed by atoms with Crippen LogP contribution in [0, 0.1) is 5.92 Å². The van der Waals surface area contributed by atoms with E-state index in [1.165, 1.54) is 31.4 Å². The van der Waals surface area contributed by atoms with Crippen LogP contribution in [0.5, 0.6) is 5.75 Å². The van der Waals surface area contributed by atoms with Gasteiger partial charge in [0.2, 0.25) is 0 Å². The second-order valence-electron chi connectivity index (χ2n) is 6.34. The third kappa shape index (κ3) is 4.76. The minimum absolute atomic E-state index is 0.0260. The molecule has 0 saturated carbocycles. The van der Waals surface area contributed by atoms with Gasteiger partial charge >= 0.3 is 0 Å². The highest BCUT2D eigenvalue weighted by Gasteiger charge is 2.18. The molecule has 0 aliphatic rings. The number of methoxy groups -OCH3 is 1. The molecule has 0 saturated heterocycles. The number of nitrogens with one attached hydrogen (secondary N) is 2. The van der Waals surface area contributed by atoms with Crippen LogP contribution in [0.2, 0.25) is 0 Å². The van der Waals surface area contributed by atoms with Crippen molar-refractivity contribution >= 4 is 21.6 Å². The van der Waals surface area contributed by atoms with E-state index in [0.29, 0.717) is 22.9 Å². The van der Waals surface area contributed by atoms with E-state index in [2.05, 4.69) is 10.0 Å². The molecule has 0 radical (unpaired) electrons. The van der Waals surface area contributed by atoms with Gasteiger partial charge in [-0.05, 0) is 49.2 Å². The second kappa shape index (κ2) is 8.23. The summed E-state index contributed by atoms with van der Waals surface area (Å²) in [5.41, 5.74) is 0.760. The second-order valence-corrected chi connectivity index (χ2v) is 8.02. The van der Waals surface area contributed by atoms with E-state index in [1.807, 2.05) is 20.8 Å². The lowest BCUT2D eigenvalue weighted by molar-refractivity contribution is 0.0930. The number of hydrogen-bond donors (Lipinski definition) is 2. The SMILES string of the molecule is COc1ccccc1NS(=O)(=O)c1ccc(C(=O)NC(C)C(C)C)cc1. The molecule has 1 unspecified atom stereocenters. The molecule has 1 atom stereocenters. The van der Waals surface area contributed by atoms with Crippen molar-refractivity contribution in [2.24, 2.45) is 5.92 Å². The van der Waals surface area contributed by atoms with E-state index >= 15 is 0 Å². The van der Waals surface area contributed by atoms with Crippen molar-refractivity contribution in [1.29, 1.82) is 0 Å². The predicted octanol–water partition coefficient (Wildman–Crippen LogP) is 3.27. The van der Waals surface area contributed by atoms with Gasteiger partial charge in [0.05, 0.1) is 17.7 Å². The number of sulfonamides is 1. The van der Waals surface area contributed by atoms with Crippen molar-refractivity contribution in [3.63, 3.8) is 0 Å². The minimum Gasteiger partial charge on any atom is -0.495 e. The Morgan fingerprint density at radius 3 is 2.19 bits per heavy atom. The van der Waals surface area contributed by atoms with Gasteiger partial charge in [-0.3, -0.25) is 9.52 Å². The smallest absolute Gasteiger partial charge is 0.262 e. The molecule has 0 aliphatic heterocycles. The maximum atomic E-state index is 12.6. The number of carbonyl (C=O) groups is 1. The summed E-state index contributed by atoms with van der Waals surface area (Å²) < 4.78 is 32.8. The van der Waals surface area contributed by atoms with Gasteiger partial charge in [-0.25, -0.2) is 8.42 Å². The maximum Gasteiger partial charge on any atom is 0.262 e. The third-order valence-corrected chi connectivity index (χ3v) is 5.52. The highest BCUT2D eigenvalue weighted by atomic mass is 32.2. The Morgan fingerprint density at radius 1 is 1.00 bits per heavy atom. The standard InChI is InChI=1S/C19H24N2O4S/c1-13(2)14(3)20-19(22)15-9-11-16(12-10-15)26(23,24)21-17-7-5-6-8-18(17)25-4/h5-14,21H,1-4H3,(H,20,22). The summed E-state index contributed by atoms with van der Waals surface area (Å²) in [5.74, 6) is 0.506. The normalized spacial score (nSPS) is 12.5. The molecule has 140 valence electrons. The summed E-state index contributed by atoms with van der Waals surface area (Å²) in [6, 6.07) is 12.6. The summed E-state index contributed by atoms with van der Waals surface area (Å²) in [7, 11) is -2.32. The van der Waals surface area contributed by atoms with E-state index in [9.17, 15) is 13.2 Å². The zero-order valence-electron chi connectivity index (χ0n) is 15.3. The van der Waals surface area contributed by atoms with Gasteiger partial charge < -0.3 is 10.1 Å². The molecule has 2 rings (SSSR count). The largest absolute Gasteiger partial charge is 0.495 e. The van der Waals surface area contributed by atoms with Crippen LogP contribution in [0.3, 0.4) is 0 Å². The van der Waals surface area contributed by atoms with Crippen molar-refractivity contribution in [3.05, 3.63) is 54.1 Å². The van der Waals surface area contributed by atoms with Crippen LogP contribution in [-0.2, 0) is 10.0 Å². The molecule has 1 amide bonds. The topological polar surface area (TPSA) is 84.5 Å². The van der Waals surface area contributed by atoms with Gasteiger partial charge in [-0.2, -0.15) is 0 Å². The molecule has 0 spiro atoms. The number of carbonyl (C=O) groups excluding carboxylic acids is 1. The van der Waals surface area contributed by atoms with Crippen molar-refractivity contribution in [1.82, 2.24) is 5.32 Å². The lowest BCUT2D eigenvalue weighted by Gasteiger charge is -2.17. The van der Waals surface area contributed by atoms with Crippen molar-refractivity contribution < 1.29 is 17.9 Å². The summed E-state index contributed by atoms with van der Waals surface area (Å²) in [5, 5.41) is 2.89. The van der Waals surface area contributed by atoms with E-state index < -0.39 is 10.0 Å². The number of ether oxygens (including phenoxy) is 1. The molecule has 0 aromatic heterocycles. The van der Waals surface area contributed by atoms with Gasteiger partial charge in [0.15, 0.2) is 0 Å². The summed E-state index contributed by atoms with van der Waals surface area (Å²) >= 11 is 0. The fourth-order valence-electron chi connectivity index (χ4n) is 2.17. The van der Waals surface area contributed by atoms with Crippen LogP contribution in [0.1, 0.15) is 31.1 Å². The molecule has 0 bridgehead atoms.